The van der Waals surface area contributed by atoms with Crippen LogP contribution in [0.5, 0.6) is 5.75 Å². The van der Waals surface area contributed by atoms with Gasteiger partial charge in [0, 0.05) is 16.5 Å². The summed E-state index contributed by atoms with van der Waals surface area (Å²) in [6, 6.07) is 7.06. The molecule has 0 amide bonds. The van der Waals surface area contributed by atoms with E-state index in [9.17, 15) is 9.59 Å². The van der Waals surface area contributed by atoms with Crippen LogP contribution in [0.4, 0.5) is 0 Å². The number of ketones is 1. The molecule has 2 aromatic rings. The van der Waals surface area contributed by atoms with E-state index < -0.39 is 5.69 Å². The monoisotopic (exact) mass is 338 g/mol. The number of nitrogens with one attached hydrogen (secondary N) is 1. The number of aromatic amines is 1. The molecule has 22 heavy (non-hydrogen) atoms. The molecule has 7 heteroatoms. The van der Waals surface area contributed by atoms with Crippen molar-refractivity contribution in [2.24, 2.45) is 0 Å². The van der Waals surface area contributed by atoms with E-state index >= 15 is 0 Å². The van der Waals surface area contributed by atoms with Gasteiger partial charge in [-0.05, 0) is 38.1 Å². The summed E-state index contributed by atoms with van der Waals surface area (Å²) in [4.78, 5) is 29.5. The van der Waals surface area contributed by atoms with E-state index in [-0.39, 0.29) is 5.78 Å². The van der Waals surface area contributed by atoms with E-state index in [1.807, 2.05) is 0 Å². The second kappa shape index (κ2) is 7.47. The Kier molecular flexibility index (Phi) is 5.63. The van der Waals surface area contributed by atoms with Crippen molar-refractivity contribution in [3.63, 3.8) is 0 Å². The maximum Gasteiger partial charge on any atom is 0.346 e. The van der Waals surface area contributed by atoms with Crippen molar-refractivity contribution in [3.8, 4) is 5.75 Å². The number of aromatic nitrogens is 2. The molecule has 0 saturated heterocycles. The number of benzene rings is 1. The van der Waals surface area contributed by atoms with Crippen LogP contribution in [0.15, 0.2) is 34.1 Å². The number of thioether (sulfide) groups is 1. The lowest BCUT2D eigenvalue weighted by Crippen LogP contribution is -2.17. The fourth-order valence-electron chi connectivity index (χ4n) is 1.91. The van der Waals surface area contributed by atoms with Gasteiger partial charge < -0.3 is 9.72 Å². The zero-order valence-corrected chi connectivity index (χ0v) is 13.8. The van der Waals surface area contributed by atoms with E-state index in [1.165, 1.54) is 18.7 Å². The van der Waals surface area contributed by atoms with Gasteiger partial charge >= 0.3 is 5.69 Å². The van der Waals surface area contributed by atoms with Crippen LogP contribution in [0.2, 0.25) is 5.02 Å². The van der Waals surface area contributed by atoms with Crippen LogP contribution in [0, 0.1) is 6.92 Å². The molecule has 116 valence electrons. The number of Topliss-reactive ketones (excluding diaryl/α,β-unsaturated/α-hetero) is 1. The Bertz CT molecular complexity index is 729. The van der Waals surface area contributed by atoms with Crippen molar-refractivity contribution in [1.29, 1.82) is 0 Å². The van der Waals surface area contributed by atoms with Crippen molar-refractivity contribution >= 4 is 29.1 Å². The van der Waals surface area contributed by atoms with Gasteiger partial charge in [0.15, 0.2) is 5.78 Å². The van der Waals surface area contributed by atoms with Gasteiger partial charge in [-0.1, -0.05) is 11.6 Å². The van der Waals surface area contributed by atoms with Gasteiger partial charge in [-0.15, -0.1) is 11.8 Å². The second-order valence-corrected chi connectivity index (χ2v) is 6.07. The molecule has 1 aromatic carbocycles. The Hall–Kier alpha value is -1.79. The lowest BCUT2D eigenvalue weighted by molar-refractivity contribution is 0.101. The quantitative estimate of drug-likeness (QED) is 0.379. The zero-order valence-electron chi connectivity index (χ0n) is 12.2. The average Bonchev–Trinajstić information content (AvgIpc) is 2.44. The number of H-pyrrole nitrogens is 1. The first-order chi connectivity index (χ1) is 10.5. The van der Waals surface area contributed by atoms with Crippen molar-refractivity contribution in [3.05, 3.63) is 51.0 Å². The molecule has 0 aliphatic heterocycles. The fourth-order valence-corrected chi connectivity index (χ4v) is 2.98. The molecule has 0 unspecified atom stereocenters. The van der Waals surface area contributed by atoms with E-state index in [4.69, 9.17) is 16.3 Å². The van der Waals surface area contributed by atoms with Crippen LogP contribution >= 0.6 is 23.4 Å². The molecule has 0 aliphatic rings. The Balaban J connectivity index is 1.98. The van der Waals surface area contributed by atoms with E-state index in [2.05, 4.69) is 9.97 Å². The number of carbonyl (C=O) groups is 1. The molecular weight excluding hydrogens is 324 g/mol. The number of hydrogen-bond acceptors (Lipinski definition) is 5. The van der Waals surface area contributed by atoms with Crippen molar-refractivity contribution < 1.29 is 9.53 Å². The summed E-state index contributed by atoms with van der Waals surface area (Å²) in [6.07, 6.45) is 0. The van der Waals surface area contributed by atoms with Crippen molar-refractivity contribution in [2.75, 3.05) is 12.4 Å². The summed E-state index contributed by atoms with van der Waals surface area (Å²) in [7, 11) is 0. The number of nitrogens with zero attached hydrogens (tertiary/aromatic N) is 1. The van der Waals surface area contributed by atoms with Crippen LogP contribution in [0.3, 0.4) is 0 Å². The van der Waals surface area contributed by atoms with Crippen LogP contribution in [0.1, 0.15) is 23.0 Å². The van der Waals surface area contributed by atoms with Gasteiger partial charge in [0.1, 0.15) is 10.8 Å². The van der Waals surface area contributed by atoms with E-state index in [0.29, 0.717) is 39.4 Å². The average molecular weight is 339 g/mol. The highest BCUT2D eigenvalue weighted by Gasteiger charge is 2.14. The minimum atomic E-state index is -0.455. The molecule has 0 bridgehead atoms. The van der Waals surface area contributed by atoms with Gasteiger partial charge in [0.25, 0.3) is 0 Å². The number of hydrogen-bond donors (Lipinski definition) is 1. The largest absolute Gasteiger partial charge is 0.493 e. The number of halogens is 1. The Labute approximate surface area is 137 Å². The highest BCUT2D eigenvalue weighted by atomic mass is 35.5. The first-order valence-corrected chi connectivity index (χ1v) is 7.96. The minimum Gasteiger partial charge on any atom is -0.493 e. The summed E-state index contributed by atoms with van der Waals surface area (Å²) >= 11 is 7.12. The fraction of sp³-hybridized carbons (Fsp3) is 0.267. The molecule has 1 aromatic heterocycles. The van der Waals surface area contributed by atoms with Gasteiger partial charge in [0.05, 0.1) is 12.2 Å². The number of aryl methyl sites for hydroxylation is 1. The van der Waals surface area contributed by atoms with E-state index in [1.54, 1.807) is 31.2 Å². The van der Waals surface area contributed by atoms with Gasteiger partial charge in [-0.2, -0.15) is 4.98 Å². The van der Waals surface area contributed by atoms with Crippen LogP contribution in [-0.2, 0) is 0 Å². The topological polar surface area (TPSA) is 72.0 Å². The van der Waals surface area contributed by atoms with Gasteiger partial charge in [-0.3, -0.25) is 4.79 Å². The SMILES string of the molecule is CC(=O)c1c(SCCOc2ccc(Cl)cc2)nc(=O)[nH]c1C. The first kappa shape index (κ1) is 16.6. The maximum atomic E-state index is 11.7. The molecule has 5 nitrogen and oxygen atoms in total. The molecule has 0 spiro atoms. The van der Waals surface area contributed by atoms with Crippen LogP contribution in [0.25, 0.3) is 0 Å². The standard InChI is InChI=1S/C15H15ClN2O3S/c1-9-13(10(2)19)14(18-15(20)17-9)22-8-7-21-12-5-3-11(16)4-6-12/h3-6H,7-8H2,1-2H3,(H,17,18,20). The molecule has 1 heterocycles. The third-order valence-electron chi connectivity index (χ3n) is 2.84. The molecule has 0 atom stereocenters. The van der Waals surface area contributed by atoms with Gasteiger partial charge in [-0.25, -0.2) is 4.79 Å². The molecule has 2 rings (SSSR count). The molecule has 0 saturated carbocycles. The molecule has 0 radical (unpaired) electrons. The lowest BCUT2D eigenvalue weighted by Gasteiger charge is -2.09. The summed E-state index contributed by atoms with van der Waals surface area (Å²) in [5.74, 6) is 1.16. The predicted molar refractivity (Wildman–Crippen MR) is 87.3 cm³/mol. The third-order valence-corrected chi connectivity index (χ3v) is 4.03. The molecule has 1 N–H and O–H groups in total. The Morgan fingerprint density at radius 3 is 2.68 bits per heavy atom. The number of ether oxygens (including phenoxy) is 1. The van der Waals surface area contributed by atoms with Crippen LogP contribution in [-0.4, -0.2) is 28.1 Å². The van der Waals surface area contributed by atoms with Gasteiger partial charge in [0.2, 0.25) is 0 Å². The second-order valence-electron chi connectivity index (χ2n) is 4.55. The lowest BCUT2D eigenvalue weighted by atomic mass is 10.2. The predicted octanol–water partition coefficient (Wildman–Crippen LogP) is 3.11. The highest BCUT2D eigenvalue weighted by Crippen LogP contribution is 2.22. The summed E-state index contributed by atoms with van der Waals surface area (Å²) in [5, 5.41) is 1.09. The zero-order chi connectivity index (χ0) is 16.1. The molecule has 0 aliphatic carbocycles. The number of carbonyl (C=O) groups excluding carboxylic acids is 1. The smallest absolute Gasteiger partial charge is 0.346 e. The Morgan fingerprint density at radius 2 is 2.05 bits per heavy atom. The summed E-state index contributed by atoms with van der Waals surface area (Å²) in [5.41, 5.74) is 0.535. The first-order valence-electron chi connectivity index (χ1n) is 6.60. The maximum absolute atomic E-state index is 11.7. The summed E-state index contributed by atoms with van der Waals surface area (Å²) in [6.45, 7) is 3.57. The minimum absolute atomic E-state index is 0.123. The van der Waals surface area contributed by atoms with Crippen LogP contribution < -0.4 is 10.4 Å². The molecular formula is C15H15ClN2O3S. The normalized spacial score (nSPS) is 10.5. The highest BCUT2D eigenvalue weighted by molar-refractivity contribution is 7.99. The third kappa shape index (κ3) is 4.35. The Morgan fingerprint density at radius 1 is 1.36 bits per heavy atom. The summed E-state index contributed by atoms with van der Waals surface area (Å²) < 4.78 is 5.57. The number of rotatable bonds is 6. The van der Waals surface area contributed by atoms with Crippen molar-refractivity contribution in [2.45, 2.75) is 18.9 Å². The molecule has 0 fully saturated rings. The van der Waals surface area contributed by atoms with Crippen molar-refractivity contribution in [1.82, 2.24) is 9.97 Å². The van der Waals surface area contributed by atoms with E-state index in [0.717, 1.165) is 0 Å².